The molecular formula is C25H23F5. The third kappa shape index (κ3) is 3.82. The molecule has 0 heterocycles. The molecule has 158 valence electrons. The molecule has 0 bridgehead atoms. The topological polar surface area (TPSA) is 0 Å². The van der Waals surface area contributed by atoms with Crippen molar-refractivity contribution in [2.24, 2.45) is 5.92 Å². The van der Waals surface area contributed by atoms with Crippen molar-refractivity contribution in [1.29, 1.82) is 0 Å². The van der Waals surface area contributed by atoms with Gasteiger partial charge in [-0.3, -0.25) is 0 Å². The third-order valence-corrected chi connectivity index (χ3v) is 6.35. The van der Waals surface area contributed by atoms with Gasteiger partial charge in [-0.2, -0.15) is 0 Å². The summed E-state index contributed by atoms with van der Waals surface area (Å²) in [7, 11) is 0. The van der Waals surface area contributed by atoms with Gasteiger partial charge in [-0.1, -0.05) is 31.9 Å². The van der Waals surface area contributed by atoms with Crippen molar-refractivity contribution < 1.29 is 22.0 Å². The molecule has 0 saturated heterocycles. The van der Waals surface area contributed by atoms with Crippen molar-refractivity contribution in [2.45, 2.75) is 51.4 Å². The normalized spacial score (nSPS) is 19.4. The smallest absolute Gasteiger partial charge is 0.194 e. The Hall–Kier alpha value is -2.43. The number of rotatable bonds is 4. The minimum Gasteiger partial charge on any atom is -0.204 e. The SMILES string of the molecule is CCCC1CCC(c2ccc3cc(-c4cc(F)c(F)c(F)c4)c(F)c(F)c3c2)CC1. The summed E-state index contributed by atoms with van der Waals surface area (Å²) in [6, 6.07) is 8.01. The predicted molar refractivity (Wildman–Crippen MR) is 109 cm³/mol. The van der Waals surface area contributed by atoms with Crippen LogP contribution < -0.4 is 0 Å². The van der Waals surface area contributed by atoms with Crippen molar-refractivity contribution >= 4 is 10.8 Å². The fourth-order valence-electron chi connectivity index (χ4n) is 4.71. The minimum atomic E-state index is -1.64. The Kier molecular flexibility index (Phi) is 5.81. The highest BCUT2D eigenvalue weighted by Crippen LogP contribution is 2.39. The van der Waals surface area contributed by atoms with Crippen LogP contribution in [0.2, 0.25) is 0 Å². The molecule has 1 saturated carbocycles. The van der Waals surface area contributed by atoms with Crippen molar-refractivity contribution in [3.05, 3.63) is 71.0 Å². The number of fused-ring (bicyclic) bond motifs is 1. The first-order valence-electron chi connectivity index (χ1n) is 10.5. The van der Waals surface area contributed by atoms with Crippen LogP contribution in [0.25, 0.3) is 21.9 Å². The van der Waals surface area contributed by atoms with Gasteiger partial charge in [-0.15, -0.1) is 0 Å². The maximum Gasteiger partial charge on any atom is 0.194 e. The fourth-order valence-corrected chi connectivity index (χ4v) is 4.71. The average molecular weight is 418 g/mol. The van der Waals surface area contributed by atoms with Crippen LogP contribution in [0.3, 0.4) is 0 Å². The molecule has 0 radical (unpaired) electrons. The van der Waals surface area contributed by atoms with Crippen molar-refractivity contribution in [3.63, 3.8) is 0 Å². The zero-order chi connectivity index (χ0) is 21.4. The van der Waals surface area contributed by atoms with E-state index in [0.717, 1.165) is 37.2 Å². The Morgan fingerprint density at radius 1 is 0.767 bits per heavy atom. The highest BCUT2D eigenvalue weighted by molar-refractivity contribution is 5.89. The van der Waals surface area contributed by atoms with Gasteiger partial charge < -0.3 is 0 Å². The van der Waals surface area contributed by atoms with E-state index in [4.69, 9.17) is 0 Å². The Morgan fingerprint density at radius 2 is 1.43 bits per heavy atom. The Bertz CT molecular complexity index is 1060. The molecule has 4 rings (SSSR count). The molecular weight excluding hydrogens is 395 g/mol. The first-order valence-corrected chi connectivity index (χ1v) is 10.5. The summed E-state index contributed by atoms with van der Waals surface area (Å²) in [5, 5.41) is 0.574. The molecule has 0 amide bonds. The van der Waals surface area contributed by atoms with Crippen molar-refractivity contribution in [1.82, 2.24) is 0 Å². The second kappa shape index (κ2) is 8.37. The van der Waals surface area contributed by atoms with E-state index in [9.17, 15) is 22.0 Å². The Labute approximate surface area is 172 Å². The van der Waals surface area contributed by atoms with E-state index >= 15 is 0 Å². The quantitative estimate of drug-likeness (QED) is 0.295. The van der Waals surface area contributed by atoms with E-state index in [1.807, 2.05) is 6.07 Å². The Balaban J connectivity index is 1.70. The van der Waals surface area contributed by atoms with E-state index in [1.54, 1.807) is 12.1 Å². The van der Waals surface area contributed by atoms with Gasteiger partial charge in [0.15, 0.2) is 29.1 Å². The van der Waals surface area contributed by atoms with Crippen molar-refractivity contribution in [3.8, 4) is 11.1 Å². The first kappa shape index (κ1) is 20.8. The van der Waals surface area contributed by atoms with Crippen LogP contribution >= 0.6 is 0 Å². The molecule has 3 aromatic carbocycles. The monoisotopic (exact) mass is 418 g/mol. The molecule has 0 aliphatic heterocycles. The number of halogens is 5. The summed E-state index contributed by atoms with van der Waals surface area (Å²) in [6.45, 7) is 2.19. The van der Waals surface area contributed by atoms with Crippen LogP contribution in [-0.4, -0.2) is 0 Å². The third-order valence-electron chi connectivity index (χ3n) is 6.35. The molecule has 5 heteroatoms. The fraction of sp³-hybridized carbons (Fsp3) is 0.360. The zero-order valence-corrected chi connectivity index (χ0v) is 16.8. The summed E-state index contributed by atoms with van der Waals surface area (Å²) in [5.41, 5.74) is 0.441. The van der Waals surface area contributed by atoms with Gasteiger partial charge in [0.1, 0.15) is 0 Å². The maximum atomic E-state index is 14.9. The van der Waals surface area contributed by atoms with E-state index < -0.39 is 29.1 Å². The minimum absolute atomic E-state index is 0.146. The lowest BCUT2D eigenvalue weighted by atomic mass is 9.77. The standard InChI is InChI=1S/C25H23F5/c1-2-3-14-4-6-15(7-5-14)16-8-9-17-11-20(24(29)23(28)19(17)10-16)18-12-21(26)25(30)22(27)13-18/h8-15H,2-7H2,1H3. The zero-order valence-electron chi connectivity index (χ0n) is 16.8. The van der Waals surface area contributed by atoms with E-state index in [2.05, 4.69) is 6.92 Å². The molecule has 0 atom stereocenters. The molecule has 0 spiro atoms. The average Bonchev–Trinajstić information content (AvgIpc) is 2.75. The Morgan fingerprint density at radius 3 is 2.07 bits per heavy atom. The first-order chi connectivity index (χ1) is 14.4. The molecule has 0 aromatic heterocycles. The van der Waals surface area contributed by atoms with E-state index in [-0.39, 0.29) is 16.5 Å². The molecule has 1 aliphatic rings. The lowest BCUT2D eigenvalue weighted by Crippen LogP contribution is -2.13. The molecule has 0 nitrogen and oxygen atoms in total. The number of hydrogen-bond acceptors (Lipinski definition) is 0. The summed E-state index contributed by atoms with van der Waals surface area (Å²) in [5.74, 6) is -5.72. The molecule has 1 fully saturated rings. The van der Waals surface area contributed by atoms with Gasteiger partial charge in [0.25, 0.3) is 0 Å². The highest BCUT2D eigenvalue weighted by Gasteiger charge is 2.23. The van der Waals surface area contributed by atoms with Crippen LogP contribution in [0.5, 0.6) is 0 Å². The summed E-state index contributed by atoms with van der Waals surface area (Å²) >= 11 is 0. The van der Waals surface area contributed by atoms with Crippen LogP contribution in [0, 0.1) is 35.0 Å². The van der Waals surface area contributed by atoms with E-state index in [1.165, 1.54) is 18.9 Å². The second-order valence-corrected chi connectivity index (χ2v) is 8.29. The van der Waals surface area contributed by atoms with Crippen LogP contribution in [0.15, 0.2) is 36.4 Å². The summed E-state index contributed by atoms with van der Waals surface area (Å²) in [4.78, 5) is 0. The summed E-state index contributed by atoms with van der Waals surface area (Å²) < 4.78 is 70.1. The summed E-state index contributed by atoms with van der Waals surface area (Å²) in [6.07, 6.45) is 6.78. The number of benzene rings is 3. The van der Waals surface area contributed by atoms with Gasteiger partial charge in [0, 0.05) is 10.9 Å². The van der Waals surface area contributed by atoms with Gasteiger partial charge in [0.05, 0.1) is 0 Å². The highest BCUT2D eigenvalue weighted by atomic mass is 19.2. The largest absolute Gasteiger partial charge is 0.204 e. The predicted octanol–water partition coefficient (Wildman–Crippen LogP) is 8.28. The van der Waals surface area contributed by atoms with Crippen LogP contribution in [0.1, 0.15) is 56.9 Å². The van der Waals surface area contributed by atoms with Crippen molar-refractivity contribution in [2.75, 3.05) is 0 Å². The molecule has 0 unspecified atom stereocenters. The molecule has 30 heavy (non-hydrogen) atoms. The molecule has 1 aliphatic carbocycles. The van der Waals surface area contributed by atoms with E-state index in [0.29, 0.717) is 23.4 Å². The molecule has 3 aromatic rings. The second-order valence-electron chi connectivity index (χ2n) is 8.29. The van der Waals surface area contributed by atoms with Gasteiger partial charge in [-0.05, 0) is 78.3 Å². The lowest BCUT2D eigenvalue weighted by molar-refractivity contribution is 0.308. The van der Waals surface area contributed by atoms with Crippen LogP contribution in [0.4, 0.5) is 22.0 Å². The maximum absolute atomic E-state index is 14.9. The van der Waals surface area contributed by atoms with Gasteiger partial charge >= 0.3 is 0 Å². The number of hydrogen-bond donors (Lipinski definition) is 0. The van der Waals surface area contributed by atoms with Gasteiger partial charge in [-0.25, -0.2) is 22.0 Å². The van der Waals surface area contributed by atoms with Gasteiger partial charge in [0.2, 0.25) is 0 Å². The molecule has 0 N–H and O–H groups in total. The lowest BCUT2D eigenvalue weighted by Gasteiger charge is -2.28. The van der Waals surface area contributed by atoms with Crippen LogP contribution in [-0.2, 0) is 0 Å².